The highest BCUT2D eigenvalue weighted by atomic mass is 19.4. The number of benzene rings is 1. The molecule has 0 radical (unpaired) electrons. The minimum Gasteiger partial charge on any atom is -0.399 e. The number of piperidine rings is 1. The molecule has 4 nitrogen and oxygen atoms in total. The number of hydrogen-bond acceptors (Lipinski definition) is 4. The van der Waals surface area contributed by atoms with Gasteiger partial charge in [-0.1, -0.05) is 0 Å². The minimum atomic E-state index is -4.51. The fraction of sp³-hybridized carbons (Fsp3) is 0.500. The number of aliphatic hydroxyl groups excluding tert-OH is 2. The van der Waals surface area contributed by atoms with Crippen molar-refractivity contribution in [3.63, 3.8) is 0 Å². The first kappa shape index (κ1) is 14.0. The van der Waals surface area contributed by atoms with Gasteiger partial charge >= 0.3 is 6.18 Å². The monoisotopic (exact) mass is 276 g/mol. The Morgan fingerprint density at radius 2 is 1.89 bits per heavy atom. The number of nitrogens with zero attached hydrogens (tertiary/aromatic N) is 1. The molecule has 4 N–H and O–H groups in total. The summed E-state index contributed by atoms with van der Waals surface area (Å²) >= 11 is 0. The van der Waals surface area contributed by atoms with Gasteiger partial charge in [0.05, 0.1) is 17.8 Å². The smallest absolute Gasteiger partial charge is 0.399 e. The molecule has 1 aliphatic heterocycles. The average Bonchev–Trinajstić information content (AvgIpc) is 2.32. The lowest BCUT2D eigenvalue weighted by atomic mass is 10.0. The third kappa shape index (κ3) is 2.93. The molecule has 19 heavy (non-hydrogen) atoms. The number of hydrogen-bond donors (Lipinski definition) is 3. The minimum absolute atomic E-state index is 0.0207. The molecule has 1 aromatic rings. The maximum absolute atomic E-state index is 13.0. The van der Waals surface area contributed by atoms with Gasteiger partial charge in [-0.2, -0.15) is 13.2 Å². The van der Waals surface area contributed by atoms with Crippen molar-refractivity contribution in [2.24, 2.45) is 0 Å². The largest absolute Gasteiger partial charge is 0.418 e. The Hall–Kier alpha value is -1.47. The summed E-state index contributed by atoms with van der Waals surface area (Å²) in [5.74, 6) is 0. The third-order valence-electron chi connectivity index (χ3n) is 3.21. The van der Waals surface area contributed by atoms with Crippen LogP contribution >= 0.6 is 0 Å². The lowest BCUT2D eigenvalue weighted by Crippen LogP contribution is -2.47. The summed E-state index contributed by atoms with van der Waals surface area (Å²) in [4.78, 5) is 1.42. The van der Waals surface area contributed by atoms with E-state index in [4.69, 9.17) is 5.73 Å². The van der Waals surface area contributed by atoms with Gasteiger partial charge in [0.15, 0.2) is 0 Å². The van der Waals surface area contributed by atoms with E-state index in [1.54, 1.807) is 0 Å². The van der Waals surface area contributed by atoms with E-state index in [2.05, 4.69) is 0 Å². The second-order valence-electron chi connectivity index (χ2n) is 4.64. The number of alkyl halides is 3. The van der Waals surface area contributed by atoms with Gasteiger partial charge in [-0.25, -0.2) is 0 Å². The lowest BCUT2D eigenvalue weighted by Gasteiger charge is -2.36. The van der Waals surface area contributed by atoms with Crippen LogP contribution in [0.5, 0.6) is 0 Å². The van der Waals surface area contributed by atoms with Gasteiger partial charge in [-0.15, -0.1) is 0 Å². The average molecular weight is 276 g/mol. The number of nitrogen functional groups attached to an aromatic ring is 1. The number of rotatable bonds is 1. The molecule has 2 rings (SSSR count). The molecule has 1 aromatic carbocycles. The molecule has 0 aliphatic carbocycles. The first-order chi connectivity index (χ1) is 8.79. The van der Waals surface area contributed by atoms with Gasteiger partial charge in [-0.3, -0.25) is 0 Å². The van der Waals surface area contributed by atoms with Gasteiger partial charge in [0, 0.05) is 24.5 Å². The van der Waals surface area contributed by atoms with Crippen molar-refractivity contribution in [3.8, 4) is 0 Å². The Balaban J connectivity index is 2.34. The second-order valence-corrected chi connectivity index (χ2v) is 4.64. The molecular formula is C12H15F3N2O2. The molecule has 0 bridgehead atoms. The Kier molecular flexibility index (Phi) is 3.60. The van der Waals surface area contributed by atoms with E-state index < -0.39 is 23.9 Å². The van der Waals surface area contributed by atoms with Crippen molar-refractivity contribution >= 4 is 11.4 Å². The van der Waals surface area contributed by atoms with Crippen molar-refractivity contribution < 1.29 is 23.4 Å². The fourth-order valence-corrected chi connectivity index (χ4v) is 2.19. The Morgan fingerprint density at radius 3 is 2.47 bits per heavy atom. The highest BCUT2D eigenvalue weighted by Gasteiger charge is 2.36. The Labute approximate surface area is 108 Å². The third-order valence-corrected chi connectivity index (χ3v) is 3.21. The van der Waals surface area contributed by atoms with E-state index in [9.17, 15) is 23.4 Å². The van der Waals surface area contributed by atoms with E-state index >= 15 is 0 Å². The maximum Gasteiger partial charge on any atom is 0.418 e. The molecular weight excluding hydrogens is 261 g/mol. The van der Waals surface area contributed by atoms with Crippen molar-refractivity contribution in [3.05, 3.63) is 23.8 Å². The summed E-state index contributed by atoms with van der Waals surface area (Å²) in [5.41, 5.74) is 4.59. The van der Waals surface area contributed by atoms with Gasteiger partial charge in [0.2, 0.25) is 0 Å². The van der Waals surface area contributed by atoms with Crippen LogP contribution in [-0.2, 0) is 6.18 Å². The summed E-state index contributed by atoms with van der Waals surface area (Å²) in [5, 5.41) is 19.0. The van der Waals surface area contributed by atoms with Crippen LogP contribution in [-0.4, -0.2) is 35.5 Å². The van der Waals surface area contributed by atoms with Crippen molar-refractivity contribution in [2.45, 2.75) is 24.8 Å². The van der Waals surface area contributed by atoms with E-state index in [-0.39, 0.29) is 30.9 Å². The Bertz CT molecular complexity index is 465. The quantitative estimate of drug-likeness (QED) is 0.675. The number of nitrogens with two attached hydrogens (primary N) is 1. The molecule has 0 saturated carbocycles. The number of β-amino-alcohol motifs (C(OH)–C–C–N with tert-alkyl or cyclic N) is 1. The first-order valence-electron chi connectivity index (χ1n) is 5.87. The van der Waals surface area contributed by atoms with Gasteiger partial charge in [0.25, 0.3) is 0 Å². The molecule has 2 atom stereocenters. The van der Waals surface area contributed by atoms with Crippen molar-refractivity contribution in [1.29, 1.82) is 0 Å². The summed E-state index contributed by atoms with van der Waals surface area (Å²) in [6.45, 7) is 0.222. The second kappa shape index (κ2) is 4.90. The number of aliphatic hydroxyl groups is 2. The zero-order valence-corrected chi connectivity index (χ0v) is 10.1. The van der Waals surface area contributed by atoms with Crippen LogP contribution in [0.4, 0.5) is 24.5 Å². The zero-order chi connectivity index (χ0) is 14.2. The van der Waals surface area contributed by atoms with Crippen LogP contribution in [0.1, 0.15) is 12.0 Å². The van der Waals surface area contributed by atoms with Gasteiger partial charge in [0.1, 0.15) is 0 Å². The lowest BCUT2D eigenvalue weighted by molar-refractivity contribution is -0.137. The summed E-state index contributed by atoms with van der Waals surface area (Å²) in [6.07, 6.45) is -6.22. The molecule has 106 valence electrons. The van der Waals surface area contributed by atoms with E-state index in [1.165, 1.54) is 17.0 Å². The molecule has 0 spiro atoms. The van der Waals surface area contributed by atoms with Crippen molar-refractivity contribution in [1.82, 2.24) is 0 Å². The van der Waals surface area contributed by atoms with E-state index in [1.807, 2.05) is 0 Å². The fourth-order valence-electron chi connectivity index (χ4n) is 2.19. The predicted octanol–water partition coefficient (Wildman–Crippen LogP) is 1.22. The normalized spacial score (nSPS) is 24.6. The van der Waals surface area contributed by atoms with Crippen LogP contribution in [0.15, 0.2) is 18.2 Å². The highest BCUT2D eigenvalue weighted by molar-refractivity contribution is 5.61. The standard InChI is InChI=1S/C12H15F3N2O2/c13-12(14,15)8-5-7(16)1-2-9(8)17-4-3-10(18)11(19)6-17/h1-2,5,10-11,18-19H,3-4,6,16H2. The summed E-state index contributed by atoms with van der Waals surface area (Å²) in [6, 6.07) is 3.57. The van der Waals surface area contributed by atoms with Crippen molar-refractivity contribution in [2.75, 3.05) is 23.7 Å². The molecule has 1 saturated heterocycles. The van der Waals surface area contributed by atoms with E-state index in [0.717, 1.165) is 6.07 Å². The first-order valence-corrected chi connectivity index (χ1v) is 5.87. The Morgan fingerprint density at radius 1 is 1.21 bits per heavy atom. The molecule has 2 unspecified atom stereocenters. The summed E-state index contributed by atoms with van der Waals surface area (Å²) in [7, 11) is 0. The van der Waals surface area contributed by atoms with Crippen LogP contribution < -0.4 is 10.6 Å². The molecule has 1 heterocycles. The number of anilines is 2. The van der Waals surface area contributed by atoms with Crippen LogP contribution in [0.25, 0.3) is 0 Å². The molecule has 0 amide bonds. The molecule has 1 fully saturated rings. The van der Waals surface area contributed by atoms with Gasteiger partial charge < -0.3 is 20.8 Å². The maximum atomic E-state index is 13.0. The highest BCUT2D eigenvalue weighted by Crippen LogP contribution is 2.38. The molecule has 0 aromatic heterocycles. The topological polar surface area (TPSA) is 69.7 Å². The SMILES string of the molecule is Nc1ccc(N2CCC(O)C(O)C2)c(C(F)(F)F)c1. The van der Waals surface area contributed by atoms with Gasteiger partial charge in [-0.05, 0) is 24.6 Å². The predicted molar refractivity (Wildman–Crippen MR) is 64.7 cm³/mol. The summed E-state index contributed by atoms with van der Waals surface area (Å²) < 4.78 is 38.9. The van der Waals surface area contributed by atoms with Crippen LogP contribution in [0, 0.1) is 0 Å². The van der Waals surface area contributed by atoms with E-state index in [0.29, 0.717) is 0 Å². The molecule has 7 heteroatoms. The zero-order valence-electron chi connectivity index (χ0n) is 10.1. The van der Waals surface area contributed by atoms with Crippen LogP contribution in [0.3, 0.4) is 0 Å². The molecule has 1 aliphatic rings. The van der Waals surface area contributed by atoms with Crippen LogP contribution in [0.2, 0.25) is 0 Å². The number of halogens is 3.